The Kier molecular flexibility index (Phi) is 5.52. The van der Waals surface area contributed by atoms with Crippen molar-refractivity contribution in [3.63, 3.8) is 0 Å². The van der Waals surface area contributed by atoms with Crippen LogP contribution < -0.4 is 0 Å². The molecule has 33 heavy (non-hydrogen) atoms. The van der Waals surface area contributed by atoms with Gasteiger partial charge in [0.2, 0.25) is 0 Å². The molecule has 4 aromatic rings. The van der Waals surface area contributed by atoms with Crippen LogP contribution in [0.25, 0.3) is 11.1 Å². The van der Waals surface area contributed by atoms with E-state index in [1.165, 1.54) is 39.0 Å². The van der Waals surface area contributed by atoms with Gasteiger partial charge in [-0.25, -0.2) is 0 Å². The summed E-state index contributed by atoms with van der Waals surface area (Å²) < 4.78 is 3.85. The molecule has 2 aliphatic rings. The number of rotatable bonds is 4. The van der Waals surface area contributed by atoms with E-state index in [9.17, 15) is 0 Å². The van der Waals surface area contributed by atoms with Gasteiger partial charge in [-0.05, 0) is 0 Å². The van der Waals surface area contributed by atoms with Crippen molar-refractivity contribution >= 4 is 3.26 Å². The molecule has 0 bridgehead atoms. The molecule has 2 aliphatic carbocycles. The van der Waals surface area contributed by atoms with Crippen LogP contribution in [0, 0.1) is 0 Å². The molecule has 0 saturated heterocycles. The van der Waals surface area contributed by atoms with Crippen LogP contribution in [-0.2, 0) is 21.0 Å². The summed E-state index contributed by atoms with van der Waals surface area (Å²) in [6.07, 6.45) is 6.07. The molecule has 0 radical (unpaired) electrons. The predicted octanol–water partition coefficient (Wildman–Crippen LogP) is 7.88. The zero-order chi connectivity index (χ0) is 22.2. The van der Waals surface area contributed by atoms with Gasteiger partial charge in [-0.3, -0.25) is 0 Å². The third-order valence-electron chi connectivity index (χ3n) is 6.91. The van der Waals surface area contributed by atoms with Crippen LogP contribution in [0.3, 0.4) is 0 Å². The molecule has 0 nitrogen and oxygen atoms in total. The molecule has 0 saturated carbocycles. The molecule has 158 valence electrons. The molecule has 0 heterocycles. The Morgan fingerprint density at radius 3 is 1.61 bits per heavy atom. The van der Waals surface area contributed by atoms with Gasteiger partial charge >= 0.3 is 205 Å². The topological polar surface area (TPSA) is 0 Å². The van der Waals surface area contributed by atoms with E-state index in [1.54, 1.807) is 6.58 Å². The van der Waals surface area contributed by atoms with E-state index < -0.39 is 21.0 Å². The summed E-state index contributed by atoms with van der Waals surface area (Å²) in [6.45, 7) is 2.26. The molecule has 0 aliphatic heterocycles. The Morgan fingerprint density at radius 2 is 1.12 bits per heavy atom. The summed E-state index contributed by atoms with van der Waals surface area (Å²) >= 11 is -2.73. The Labute approximate surface area is 204 Å². The number of hydrogen-bond donors (Lipinski definition) is 0. The molecule has 0 spiro atoms. The van der Waals surface area contributed by atoms with Gasteiger partial charge in [0.15, 0.2) is 0 Å². The van der Waals surface area contributed by atoms with E-state index >= 15 is 0 Å². The molecular weight excluding hydrogens is 563 g/mol. The second-order valence-corrected chi connectivity index (χ2v) is 18.1. The first-order valence-electron chi connectivity index (χ1n) is 11.7. The summed E-state index contributed by atoms with van der Waals surface area (Å²) in [7, 11) is 0. The standard InChI is InChI=1S/C13H9.C13H10.C6H7.Hf/c1-3-7-12-10(5-1)9-11-6-2-4-8-13(11)12;1-3-7-12(8-4-1)11-13-9-5-2-6-10-13;1-6-4-2-3-5-6;/h1-9H;1-10H;4-5H,2H2,1H3;. The van der Waals surface area contributed by atoms with Gasteiger partial charge in [0, 0.05) is 0 Å². The summed E-state index contributed by atoms with van der Waals surface area (Å²) in [4.78, 5) is 0. The zero-order valence-corrected chi connectivity index (χ0v) is 22.4. The molecule has 4 aromatic carbocycles. The summed E-state index contributed by atoms with van der Waals surface area (Å²) in [5, 5.41) is 0. The quantitative estimate of drug-likeness (QED) is 0.213. The third kappa shape index (κ3) is 3.69. The normalized spacial score (nSPS) is 14.3. The van der Waals surface area contributed by atoms with Gasteiger partial charge in [0.05, 0.1) is 0 Å². The maximum atomic E-state index is 2.53. The van der Waals surface area contributed by atoms with Gasteiger partial charge in [-0.15, -0.1) is 0 Å². The fourth-order valence-corrected chi connectivity index (χ4v) is 19.0. The zero-order valence-electron chi connectivity index (χ0n) is 18.8. The summed E-state index contributed by atoms with van der Waals surface area (Å²) in [5.41, 5.74) is 10.2. The van der Waals surface area contributed by atoms with E-state index in [0.29, 0.717) is 3.67 Å². The molecule has 0 unspecified atom stereocenters. The number of hydrogen-bond acceptors (Lipinski definition) is 0. The van der Waals surface area contributed by atoms with Crippen molar-refractivity contribution in [2.45, 2.75) is 17.0 Å². The monoisotopic (exact) mass is 590 g/mol. The number of fused-ring (bicyclic) bond motifs is 3. The predicted molar refractivity (Wildman–Crippen MR) is 136 cm³/mol. The Bertz CT molecular complexity index is 1330. The minimum absolute atomic E-state index is 0.503. The average molecular weight is 589 g/mol. The Balaban J connectivity index is 1.72. The van der Waals surface area contributed by atoms with E-state index in [2.05, 4.69) is 128 Å². The molecule has 0 atom stereocenters. The molecule has 0 aromatic heterocycles. The average Bonchev–Trinajstić information content (AvgIpc) is 3.45. The van der Waals surface area contributed by atoms with Crippen LogP contribution >= 0.6 is 0 Å². The van der Waals surface area contributed by atoms with Gasteiger partial charge in [0.1, 0.15) is 0 Å². The minimum atomic E-state index is -2.73. The molecule has 1 heteroatoms. The molecule has 6 rings (SSSR count). The fraction of sp³-hybridized carbons (Fsp3) is 0.0938. The number of benzene rings is 4. The van der Waals surface area contributed by atoms with Crippen LogP contribution in [0.5, 0.6) is 0 Å². The Hall–Kier alpha value is -2.90. The first-order chi connectivity index (χ1) is 16.3. The first-order valence-corrected chi connectivity index (χ1v) is 17.4. The number of allylic oxidation sites excluding steroid dienone is 4. The van der Waals surface area contributed by atoms with E-state index in [-0.39, 0.29) is 0 Å². The molecule has 0 N–H and O–H groups in total. The van der Waals surface area contributed by atoms with Crippen LogP contribution in [0.1, 0.15) is 39.3 Å². The molecule has 0 fully saturated rings. The van der Waals surface area contributed by atoms with Crippen molar-refractivity contribution < 1.29 is 21.0 Å². The maximum absolute atomic E-state index is 2.73. The van der Waals surface area contributed by atoms with Crippen molar-refractivity contribution in [3.8, 4) is 11.1 Å². The van der Waals surface area contributed by atoms with Crippen molar-refractivity contribution in [1.82, 2.24) is 0 Å². The third-order valence-corrected chi connectivity index (χ3v) is 19.0. The first kappa shape index (κ1) is 20.7. The summed E-state index contributed by atoms with van der Waals surface area (Å²) in [6, 6.07) is 40.7. The summed E-state index contributed by atoms with van der Waals surface area (Å²) in [5.74, 6) is 0. The molecular formula is C32H26Hf. The van der Waals surface area contributed by atoms with Crippen LogP contribution in [0.15, 0.2) is 130 Å². The van der Waals surface area contributed by atoms with Crippen LogP contribution in [-0.4, -0.2) is 3.26 Å². The van der Waals surface area contributed by atoms with E-state index in [0.717, 1.165) is 6.42 Å². The van der Waals surface area contributed by atoms with Gasteiger partial charge in [-0.2, -0.15) is 0 Å². The van der Waals surface area contributed by atoms with E-state index in [1.807, 2.05) is 0 Å². The Morgan fingerprint density at radius 1 is 0.636 bits per heavy atom. The van der Waals surface area contributed by atoms with Crippen LogP contribution in [0.4, 0.5) is 0 Å². The van der Waals surface area contributed by atoms with Gasteiger partial charge < -0.3 is 0 Å². The SMILES string of the molecule is CC1=CC[C]([Hf](=[C](c2ccccc2)c2ccccc2)[CH]2c3ccccc3-c3ccccc32)=C1. The van der Waals surface area contributed by atoms with Crippen molar-refractivity contribution in [3.05, 3.63) is 153 Å². The second-order valence-electron chi connectivity index (χ2n) is 8.95. The molecule has 0 amide bonds. The van der Waals surface area contributed by atoms with E-state index in [4.69, 9.17) is 0 Å². The van der Waals surface area contributed by atoms with Crippen molar-refractivity contribution in [1.29, 1.82) is 0 Å². The van der Waals surface area contributed by atoms with Gasteiger partial charge in [0.25, 0.3) is 0 Å². The second kappa shape index (κ2) is 8.80. The van der Waals surface area contributed by atoms with Crippen LogP contribution in [0.2, 0.25) is 0 Å². The fourth-order valence-electron chi connectivity index (χ4n) is 5.50. The van der Waals surface area contributed by atoms with Gasteiger partial charge in [-0.1, -0.05) is 0 Å². The van der Waals surface area contributed by atoms with Crippen molar-refractivity contribution in [2.75, 3.05) is 0 Å². The van der Waals surface area contributed by atoms with Crippen molar-refractivity contribution in [2.24, 2.45) is 0 Å².